The maximum atomic E-state index is 6.01. The third-order valence-corrected chi connectivity index (χ3v) is 2.44. The zero-order valence-corrected chi connectivity index (χ0v) is 8.27. The van der Waals surface area contributed by atoms with Crippen LogP contribution in [-0.2, 0) is 0 Å². The Kier molecular flexibility index (Phi) is 2.32. The number of anilines is 1. The van der Waals surface area contributed by atoms with Crippen LogP contribution in [0.5, 0.6) is 5.75 Å². The lowest BCUT2D eigenvalue weighted by molar-refractivity contribution is 0.415. The molecule has 0 amide bonds. The highest BCUT2D eigenvalue weighted by molar-refractivity contribution is 6.33. The van der Waals surface area contributed by atoms with E-state index in [0.717, 1.165) is 16.5 Å². The van der Waals surface area contributed by atoms with E-state index in [1.54, 1.807) is 7.11 Å². The maximum absolute atomic E-state index is 6.01. The van der Waals surface area contributed by atoms with E-state index in [9.17, 15) is 0 Å². The minimum atomic E-state index is 0.615. The molecule has 2 rings (SSSR count). The topological polar surface area (TPSA) is 21.3 Å². The van der Waals surface area contributed by atoms with Crippen LogP contribution in [0.25, 0.3) is 0 Å². The van der Waals surface area contributed by atoms with Gasteiger partial charge in [0.15, 0.2) is 0 Å². The van der Waals surface area contributed by atoms with Crippen molar-refractivity contribution >= 4 is 17.3 Å². The predicted molar refractivity (Wildman–Crippen MR) is 54.6 cm³/mol. The van der Waals surface area contributed by atoms with Crippen LogP contribution < -0.4 is 10.1 Å². The smallest absolute Gasteiger partial charge is 0.121 e. The van der Waals surface area contributed by atoms with E-state index in [1.165, 1.54) is 12.8 Å². The van der Waals surface area contributed by atoms with Gasteiger partial charge < -0.3 is 10.1 Å². The molecule has 0 spiro atoms. The second-order valence-corrected chi connectivity index (χ2v) is 3.67. The molecule has 1 aromatic carbocycles. The Hall–Kier alpha value is -0.890. The number of halogens is 1. The van der Waals surface area contributed by atoms with Crippen LogP contribution in [0, 0.1) is 0 Å². The van der Waals surface area contributed by atoms with Crippen LogP contribution in [0.4, 0.5) is 5.69 Å². The highest BCUT2D eigenvalue weighted by Gasteiger charge is 2.21. The second-order valence-electron chi connectivity index (χ2n) is 3.26. The van der Waals surface area contributed by atoms with E-state index >= 15 is 0 Å². The van der Waals surface area contributed by atoms with Crippen molar-refractivity contribution in [3.63, 3.8) is 0 Å². The summed E-state index contributed by atoms with van der Waals surface area (Å²) in [6.45, 7) is 0. The fraction of sp³-hybridized carbons (Fsp3) is 0.400. The van der Waals surface area contributed by atoms with Crippen molar-refractivity contribution in [3.05, 3.63) is 23.2 Å². The molecule has 1 saturated carbocycles. The Bertz CT molecular complexity index is 310. The molecule has 1 N–H and O–H groups in total. The van der Waals surface area contributed by atoms with Crippen molar-refractivity contribution < 1.29 is 4.74 Å². The van der Waals surface area contributed by atoms with E-state index in [2.05, 4.69) is 5.32 Å². The minimum Gasteiger partial charge on any atom is -0.497 e. The molecule has 0 bridgehead atoms. The summed E-state index contributed by atoms with van der Waals surface area (Å²) in [5.41, 5.74) is 0.975. The Balaban J connectivity index is 2.19. The molecule has 1 aliphatic rings. The molecule has 2 nitrogen and oxygen atoms in total. The van der Waals surface area contributed by atoms with Gasteiger partial charge in [0.2, 0.25) is 0 Å². The van der Waals surface area contributed by atoms with Gasteiger partial charge in [-0.15, -0.1) is 0 Å². The Morgan fingerprint density at radius 1 is 1.46 bits per heavy atom. The average molecular weight is 198 g/mol. The van der Waals surface area contributed by atoms with E-state index < -0.39 is 0 Å². The molecule has 0 saturated heterocycles. The van der Waals surface area contributed by atoms with E-state index in [1.807, 2.05) is 18.2 Å². The molecule has 0 radical (unpaired) electrons. The summed E-state index contributed by atoms with van der Waals surface area (Å²) in [5, 5.41) is 4.10. The summed E-state index contributed by atoms with van der Waals surface area (Å²) < 4.78 is 5.11. The molecular weight excluding hydrogens is 186 g/mol. The lowest BCUT2D eigenvalue weighted by Gasteiger charge is -2.08. The van der Waals surface area contributed by atoms with Gasteiger partial charge in [0.1, 0.15) is 5.75 Å². The molecule has 1 fully saturated rings. The summed E-state index contributed by atoms with van der Waals surface area (Å²) in [7, 11) is 1.66. The molecule has 0 atom stereocenters. The SMILES string of the molecule is COc1ccc(Cl)c(NC2CC2)c1. The third-order valence-electron chi connectivity index (χ3n) is 2.11. The molecule has 1 aromatic rings. The highest BCUT2D eigenvalue weighted by atomic mass is 35.5. The Labute approximate surface area is 82.9 Å². The standard InChI is InChI=1S/C10H12ClNO/c1-13-8-4-5-9(11)10(6-8)12-7-2-3-7/h4-7,12H,2-3H2,1H3. The number of hydrogen-bond donors (Lipinski definition) is 1. The highest BCUT2D eigenvalue weighted by Crippen LogP contribution is 2.31. The fourth-order valence-corrected chi connectivity index (χ4v) is 1.36. The molecule has 1 aliphatic carbocycles. The van der Waals surface area contributed by atoms with Gasteiger partial charge in [0.05, 0.1) is 17.8 Å². The van der Waals surface area contributed by atoms with Crippen molar-refractivity contribution in [2.75, 3.05) is 12.4 Å². The fourth-order valence-electron chi connectivity index (χ4n) is 1.19. The van der Waals surface area contributed by atoms with Gasteiger partial charge in [0.25, 0.3) is 0 Å². The van der Waals surface area contributed by atoms with Crippen molar-refractivity contribution in [1.82, 2.24) is 0 Å². The van der Waals surface area contributed by atoms with Crippen LogP contribution >= 0.6 is 11.6 Å². The molecule has 13 heavy (non-hydrogen) atoms. The van der Waals surface area contributed by atoms with Crippen molar-refractivity contribution in [2.45, 2.75) is 18.9 Å². The Morgan fingerprint density at radius 2 is 2.23 bits per heavy atom. The maximum Gasteiger partial charge on any atom is 0.121 e. The zero-order valence-electron chi connectivity index (χ0n) is 7.51. The van der Waals surface area contributed by atoms with Crippen molar-refractivity contribution in [2.24, 2.45) is 0 Å². The largest absolute Gasteiger partial charge is 0.497 e. The zero-order chi connectivity index (χ0) is 9.26. The first kappa shape index (κ1) is 8.70. The van der Waals surface area contributed by atoms with Crippen LogP contribution in [0.3, 0.4) is 0 Å². The quantitative estimate of drug-likeness (QED) is 0.805. The number of rotatable bonds is 3. The van der Waals surface area contributed by atoms with Crippen LogP contribution in [0.15, 0.2) is 18.2 Å². The monoisotopic (exact) mass is 197 g/mol. The van der Waals surface area contributed by atoms with Crippen LogP contribution in [-0.4, -0.2) is 13.2 Å². The third kappa shape index (κ3) is 2.07. The molecule has 0 unspecified atom stereocenters. The molecular formula is C10H12ClNO. The van der Waals surface area contributed by atoms with Gasteiger partial charge in [-0.1, -0.05) is 11.6 Å². The van der Waals surface area contributed by atoms with E-state index in [-0.39, 0.29) is 0 Å². The molecule has 0 heterocycles. The van der Waals surface area contributed by atoms with E-state index in [4.69, 9.17) is 16.3 Å². The number of benzene rings is 1. The summed E-state index contributed by atoms with van der Waals surface area (Å²) >= 11 is 6.01. The lowest BCUT2D eigenvalue weighted by Crippen LogP contribution is -2.01. The van der Waals surface area contributed by atoms with Gasteiger partial charge in [-0.25, -0.2) is 0 Å². The number of hydrogen-bond acceptors (Lipinski definition) is 2. The molecule has 0 aliphatic heterocycles. The average Bonchev–Trinajstić information content (AvgIpc) is 2.93. The predicted octanol–water partition coefficient (Wildman–Crippen LogP) is 2.92. The number of ether oxygens (including phenoxy) is 1. The first-order chi connectivity index (χ1) is 6.29. The summed E-state index contributed by atoms with van der Waals surface area (Å²) in [6, 6.07) is 6.26. The van der Waals surface area contributed by atoms with Crippen LogP contribution in [0.2, 0.25) is 5.02 Å². The molecule has 3 heteroatoms. The summed E-state index contributed by atoms with van der Waals surface area (Å²) in [4.78, 5) is 0. The van der Waals surface area contributed by atoms with Crippen LogP contribution in [0.1, 0.15) is 12.8 Å². The van der Waals surface area contributed by atoms with Gasteiger partial charge in [-0.3, -0.25) is 0 Å². The molecule has 0 aromatic heterocycles. The minimum absolute atomic E-state index is 0.615. The summed E-state index contributed by atoms with van der Waals surface area (Å²) in [6.07, 6.45) is 2.49. The lowest BCUT2D eigenvalue weighted by atomic mass is 10.3. The molecule has 70 valence electrons. The van der Waals surface area contributed by atoms with Crippen molar-refractivity contribution in [3.8, 4) is 5.75 Å². The summed E-state index contributed by atoms with van der Waals surface area (Å²) in [5.74, 6) is 0.840. The van der Waals surface area contributed by atoms with Gasteiger partial charge in [-0.05, 0) is 25.0 Å². The van der Waals surface area contributed by atoms with Gasteiger partial charge in [-0.2, -0.15) is 0 Å². The van der Waals surface area contributed by atoms with Gasteiger partial charge >= 0.3 is 0 Å². The van der Waals surface area contributed by atoms with E-state index in [0.29, 0.717) is 6.04 Å². The van der Waals surface area contributed by atoms with Gasteiger partial charge in [0, 0.05) is 12.1 Å². The Morgan fingerprint density at radius 3 is 2.85 bits per heavy atom. The first-order valence-corrected chi connectivity index (χ1v) is 4.77. The number of nitrogens with one attached hydrogen (secondary N) is 1. The second kappa shape index (κ2) is 3.46. The first-order valence-electron chi connectivity index (χ1n) is 4.39. The normalized spacial score (nSPS) is 15.5. The number of methoxy groups -OCH3 is 1. The van der Waals surface area contributed by atoms with Crippen molar-refractivity contribution in [1.29, 1.82) is 0 Å².